The fraction of sp³-hybridized carbons (Fsp3) is 1.00. The van der Waals surface area contributed by atoms with Crippen LogP contribution in [0.15, 0.2) is 0 Å². The number of hydrogen-bond acceptors (Lipinski definition) is 4. The van der Waals surface area contributed by atoms with Crippen molar-refractivity contribution >= 4 is 8.56 Å². The van der Waals surface area contributed by atoms with Gasteiger partial charge in [-0.3, -0.25) is 0 Å². The summed E-state index contributed by atoms with van der Waals surface area (Å²) in [5.41, 5.74) is 0.276. The summed E-state index contributed by atoms with van der Waals surface area (Å²) in [7, 11) is 1.47. The lowest BCUT2D eigenvalue weighted by molar-refractivity contribution is -0.149. The van der Waals surface area contributed by atoms with Gasteiger partial charge in [-0.15, -0.1) is 0 Å². The van der Waals surface area contributed by atoms with E-state index in [4.69, 9.17) is 18.3 Å². The molecule has 0 saturated carbocycles. The summed E-state index contributed by atoms with van der Waals surface area (Å²) in [6.07, 6.45) is 1.12. The van der Waals surface area contributed by atoms with Gasteiger partial charge < -0.3 is 18.3 Å². The molecule has 0 spiro atoms. The van der Waals surface area contributed by atoms with Crippen LogP contribution in [0.5, 0.6) is 0 Å². The van der Waals surface area contributed by atoms with E-state index in [1.165, 1.54) is 0 Å². The summed E-state index contributed by atoms with van der Waals surface area (Å²) >= 11 is 0. The van der Waals surface area contributed by atoms with Crippen molar-refractivity contribution < 1.29 is 18.3 Å². The topological polar surface area (TPSA) is 36.9 Å². The molecule has 0 bridgehead atoms. The second kappa shape index (κ2) is 6.12. The summed E-state index contributed by atoms with van der Waals surface area (Å²) < 4.78 is 21.8. The fourth-order valence-corrected chi connectivity index (χ4v) is 2.70. The molecular formula is C11H24O4Si. The molecule has 4 nitrogen and oxygen atoms in total. The maximum atomic E-state index is 5.73. The normalized spacial score (nSPS) is 19.5. The van der Waals surface area contributed by atoms with E-state index in [1.807, 2.05) is 0 Å². The van der Waals surface area contributed by atoms with Crippen molar-refractivity contribution in [3.8, 4) is 0 Å². The van der Waals surface area contributed by atoms with Gasteiger partial charge in [-0.05, 0) is 13.0 Å². The Hall–Kier alpha value is 0.0569. The molecule has 0 aromatic rings. The van der Waals surface area contributed by atoms with Crippen molar-refractivity contribution in [2.24, 2.45) is 5.41 Å². The predicted octanol–water partition coefficient (Wildman–Crippen LogP) is 1.79. The average Bonchev–Trinajstić information content (AvgIpc) is 2.27. The zero-order valence-electron chi connectivity index (χ0n) is 10.9. The van der Waals surface area contributed by atoms with Crippen LogP contribution in [0.2, 0.25) is 12.6 Å². The van der Waals surface area contributed by atoms with E-state index in [0.29, 0.717) is 6.61 Å². The Labute approximate surface area is 99.5 Å². The maximum absolute atomic E-state index is 5.73. The van der Waals surface area contributed by atoms with Crippen LogP contribution >= 0.6 is 0 Å². The van der Waals surface area contributed by atoms with Crippen LogP contribution in [0.25, 0.3) is 0 Å². The lowest BCUT2D eigenvalue weighted by Crippen LogP contribution is -2.46. The summed E-state index contributed by atoms with van der Waals surface area (Å²) in [4.78, 5) is 0. The van der Waals surface area contributed by atoms with E-state index in [9.17, 15) is 0 Å². The molecule has 1 aliphatic rings. The molecule has 1 fully saturated rings. The Bertz CT molecular complexity index is 182. The SMILES string of the molecule is CCC1(COCC[Si](C)(OC)OC)COC1. The lowest BCUT2D eigenvalue weighted by Gasteiger charge is -2.40. The molecule has 0 amide bonds. The monoisotopic (exact) mass is 248 g/mol. The first-order valence-corrected chi connectivity index (χ1v) is 8.38. The third-order valence-corrected chi connectivity index (χ3v) is 6.38. The first-order chi connectivity index (χ1) is 7.60. The van der Waals surface area contributed by atoms with Crippen LogP contribution < -0.4 is 0 Å². The Morgan fingerprint density at radius 2 is 1.88 bits per heavy atom. The van der Waals surface area contributed by atoms with Gasteiger partial charge in [0, 0.05) is 32.3 Å². The van der Waals surface area contributed by atoms with E-state index in [0.717, 1.165) is 32.3 Å². The molecule has 5 heteroatoms. The minimum atomic E-state index is -1.95. The molecule has 0 aromatic carbocycles. The van der Waals surface area contributed by atoms with Crippen molar-refractivity contribution in [1.29, 1.82) is 0 Å². The van der Waals surface area contributed by atoms with Crippen LogP contribution in [-0.4, -0.2) is 49.2 Å². The molecule has 1 rings (SSSR count). The van der Waals surface area contributed by atoms with Gasteiger partial charge in [0.15, 0.2) is 0 Å². The molecule has 0 aromatic heterocycles. The summed E-state index contributed by atoms with van der Waals surface area (Å²) in [6.45, 7) is 7.43. The highest BCUT2D eigenvalue weighted by atomic mass is 28.4. The first-order valence-electron chi connectivity index (χ1n) is 5.85. The Balaban J connectivity index is 2.16. The van der Waals surface area contributed by atoms with E-state index in [2.05, 4.69) is 13.5 Å². The van der Waals surface area contributed by atoms with Gasteiger partial charge in [-0.2, -0.15) is 0 Å². The molecule has 0 atom stereocenters. The third kappa shape index (κ3) is 3.53. The van der Waals surface area contributed by atoms with Crippen molar-refractivity contribution in [2.75, 3.05) is 40.6 Å². The molecule has 0 radical (unpaired) electrons. The van der Waals surface area contributed by atoms with Gasteiger partial charge in [0.1, 0.15) is 0 Å². The average molecular weight is 248 g/mol. The van der Waals surface area contributed by atoms with Gasteiger partial charge in [0.2, 0.25) is 0 Å². The number of hydrogen-bond donors (Lipinski definition) is 0. The summed E-state index contributed by atoms with van der Waals surface area (Å²) in [5.74, 6) is 0. The molecule has 16 heavy (non-hydrogen) atoms. The van der Waals surface area contributed by atoms with Crippen molar-refractivity contribution in [3.63, 3.8) is 0 Å². The third-order valence-electron chi connectivity index (χ3n) is 3.54. The zero-order chi connectivity index (χ0) is 12.1. The highest BCUT2D eigenvalue weighted by Gasteiger charge is 2.37. The standard InChI is InChI=1S/C11H24O4Si/c1-5-11(9-15-10-11)8-14-6-7-16(4,12-2)13-3/h5-10H2,1-4H3. The van der Waals surface area contributed by atoms with Crippen LogP contribution in [0.3, 0.4) is 0 Å². The molecule has 0 unspecified atom stereocenters. The highest BCUT2D eigenvalue weighted by Crippen LogP contribution is 2.31. The quantitative estimate of drug-likeness (QED) is 0.485. The molecule has 1 saturated heterocycles. The predicted molar refractivity (Wildman–Crippen MR) is 64.8 cm³/mol. The van der Waals surface area contributed by atoms with Gasteiger partial charge in [-0.1, -0.05) is 6.92 Å². The number of rotatable bonds is 8. The van der Waals surface area contributed by atoms with Crippen LogP contribution in [-0.2, 0) is 18.3 Å². The molecular weight excluding hydrogens is 224 g/mol. The van der Waals surface area contributed by atoms with Gasteiger partial charge in [0.25, 0.3) is 0 Å². The smallest absolute Gasteiger partial charge is 0.336 e. The Morgan fingerprint density at radius 3 is 2.25 bits per heavy atom. The number of ether oxygens (including phenoxy) is 2. The minimum Gasteiger partial charge on any atom is -0.398 e. The largest absolute Gasteiger partial charge is 0.398 e. The van der Waals surface area contributed by atoms with Crippen LogP contribution in [0.4, 0.5) is 0 Å². The van der Waals surface area contributed by atoms with E-state index >= 15 is 0 Å². The lowest BCUT2D eigenvalue weighted by atomic mass is 9.84. The van der Waals surface area contributed by atoms with E-state index < -0.39 is 8.56 Å². The van der Waals surface area contributed by atoms with Crippen molar-refractivity contribution in [1.82, 2.24) is 0 Å². The van der Waals surface area contributed by atoms with Crippen molar-refractivity contribution in [2.45, 2.75) is 25.9 Å². The molecule has 96 valence electrons. The van der Waals surface area contributed by atoms with Gasteiger partial charge in [0.05, 0.1) is 19.8 Å². The van der Waals surface area contributed by atoms with Gasteiger partial charge >= 0.3 is 8.56 Å². The van der Waals surface area contributed by atoms with Crippen LogP contribution in [0, 0.1) is 5.41 Å². The second-order valence-corrected chi connectivity index (χ2v) is 8.28. The molecule has 0 N–H and O–H groups in total. The molecule has 1 aliphatic heterocycles. The van der Waals surface area contributed by atoms with Gasteiger partial charge in [-0.25, -0.2) is 0 Å². The first kappa shape index (κ1) is 14.1. The zero-order valence-corrected chi connectivity index (χ0v) is 11.9. The second-order valence-electron chi connectivity index (χ2n) is 4.69. The van der Waals surface area contributed by atoms with E-state index in [1.54, 1.807) is 14.2 Å². The minimum absolute atomic E-state index is 0.276. The van der Waals surface area contributed by atoms with Crippen LogP contribution in [0.1, 0.15) is 13.3 Å². The summed E-state index contributed by atoms with van der Waals surface area (Å²) in [5, 5.41) is 0. The highest BCUT2D eigenvalue weighted by molar-refractivity contribution is 6.65. The van der Waals surface area contributed by atoms with Crippen molar-refractivity contribution in [3.05, 3.63) is 0 Å². The van der Waals surface area contributed by atoms with E-state index in [-0.39, 0.29) is 5.41 Å². The molecule has 0 aliphatic carbocycles. The Morgan fingerprint density at radius 1 is 1.25 bits per heavy atom. The molecule has 1 heterocycles. The summed E-state index contributed by atoms with van der Waals surface area (Å²) in [6, 6.07) is 0.876. The Kier molecular flexibility index (Phi) is 5.40. The maximum Gasteiger partial charge on any atom is 0.336 e. The fourth-order valence-electron chi connectivity index (χ4n) is 1.61.